The molecule has 0 aliphatic rings. The van der Waals surface area contributed by atoms with Crippen molar-refractivity contribution in [3.63, 3.8) is 0 Å². The Kier molecular flexibility index (Phi) is 2.79. The molecule has 0 heterocycles. The van der Waals surface area contributed by atoms with E-state index in [2.05, 4.69) is 21.7 Å². The molecule has 0 saturated heterocycles. The number of hydrogen-bond acceptors (Lipinski definition) is 0. The Balaban J connectivity index is 3.10. The van der Waals surface area contributed by atoms with Crippen molar-refractivity contribution in [3.8, 4) is 0 Å². The third-order valence-corrected chi connectivity index (χ3v) is 2.84. The molecule has 2 heteroatoms. The van der Waals surface area contributed by atoms with E-state index >= 15 is 0 Å². The highest BCUT2D eigenvalue weighted by Gasteiger charge is 2.18. The van der Waals surface area contributed by atoms with Gasteiger partial charge in [-0.3, -0.25) is 0 Å². The van der Waals surface area contributed by atoms with Gasteiger partial charge in [0.2, 0.25) is 0 Å². The molecule has 13 heavy (non-hydrogen) atoms. The van der Waals surface area contributed by atoms with Crippen LogP contribution in [0.4, 0.5) is 4.39 Å². The van der Waals surface area contributed by atoms with Gasteiger partial charge in [-0.05, 0) is 29.4 Å². The fourth-order valence-electron chi connectivity index (χ4n) is 1.22. The predicted octanol–water partition coefficient (Wildman–Crippen LogP) is 2.39. The standard InChI is InChI=1S/C11H16BF/c1-4-11(3,12)9-6-5-8(2)10(13)7-9/h5-7H,4,12H2,1-3H3. The molecule has 0 amide bonds. The molecule has 0 radical (unpaired) electrons. The molecule has 0 saturated carbocycles. The van der Waals surface area contributed by atoms with Crippen molar-refractivity contribution in [1.82, 2.24) is 0 Å². The summed E-state index contributed by atoms with van der Waals surface area (Å²) < 4.78 is 13.2. The van der Waals surface area contributed by atoms with Crippen LogP contribution in [0.3, 0.4) is 0 Å². The number of halogens is 1. The molecule has 70 valence electrons. The van der Waals surface area contributed by atoms with E-state index in [0.29, 0.717) is 0 Å². The van der Waals surface area contributed by atoms with E-state index in [1.54, 1.807) is 13.0 Å². The van der Waals surface area contributed by atoms with Crippen LogP contribution in [-0.2, 0) is 5.31 Å². The molecule has 0 bridgehead atoms. The average Bonchev–Trinajstić information content (AvgIpc) is 2.09. The fraction of sp³-hybridized carbons (Fsp3) is 0.455. The van der Waals surface area contributed by atoms with Crippen LogP contribution in [0.15, 0.2) is 18.2 Å². The minimum atomic E-state index is -0.0981. The van der Waals surface area contributed by atoms with Crippen LogP contribution in [-0.4, -0.2) is 7.85 Å². The Bertz CT molecular complexity index is 305. The second-order valence-corrected chi connectivity index (χ2v) is 4.20. The van der Waals surface area contributed by atoms with Crippen molar-refractivity contribution in [1.29, 1.82) is 0 Å². The summed E-state index contributed by atoms with van der Waals surface area (Å²) in [5, 5.41) is 0.0779. The van der Waals surface area contributed by atoms with E-state index in [9.17, 15) is 4.39 Å². The van der Waals surface area contributed by atoms with Crippen molar-refractivity contribution in [3.05, 3.63) is 35.1 Å². The summed E-state index contributed by atoms with van der Waals surface area (Å²) in [5.74, 6) is -0.0981. The molecule has 1 rings (SSSR count). The topological polar surface area (TPSA) is 0 Å². The quantitative estimate of drug-likeness (QED) is 0.610. The third-order valence-electron chi connectivity index (χ3n) is 2.84. The first-order valence-corrected chi connectivity index (χ1v) is 4.74. The molecule has 0 nitrogen and oxygen atoms in total. The zero-order chi connectivity index (χ0) is 10.1. The summed E-state index contributed by atoms with van der Waals surface area (Å²) in [6.07, 6.45) is 1.02. The molecule has 1 aromatic rings. The normalized spacial score (nSPS) is 15.4. The van der Waals surface area contributed by atoms with E-state index in [1.165, 1.54) is 0 Å². The Morgan fingerprint density at radius 3 is 2.54 bits per heavy atom. The van der Waals surface area contributed by atoms with E-state index in [1.807, 2.05) is 12.1 Å². The summed E-state index contributed by atoms with van der Waals surface area (Å²) in [4.78, 5) is 0. The highest BCUT2D eigenvalue weighted by Crippen LogP contribution is 2.24. The number of aryl methyl sites for hydroxylation is 1. The smallest absolute Gasteiger partial charge is 0.126 e. The first kappa shape index (κ1) is 10.3. The summed E-state index contributed by atoms with van der Waals surface area (Å²) >= 11 is 0. The van der Waals surface area contributed by atoms with Crippen LogP contribution in [0.1, 0.15) is 31.4 Å². The lowest BCUT2D eigenvalue weighted by Gasteiger charge is -2.23. The molecular weight excluding hydrogens is 162 g/mol. The van der Waals surface area contributed by atoms with Gasteiger partial charge >= 0.3 is 0 Å². The Hall–Kier alpha value is -0.785. The lowest BCUT2D eigenvalue weighted by atomic mass is 9.64. The third kappa shape index (κ3) is 2.12. The fourth-order valence-corrected chi connectivity index (χ4v) is 1.22. The zero-order valence-electron chi connectivity index (χ0n) is 8.82. The van der Waals surface area contributed by atoms with Gasteiger partial charge in [-0.25, -0.2) is 4.39 Å². The van der Waals surface area contributed by atoms with Gasteiger partial charge in [-0.15, -0.1) is 0 Å². The second kappa shape index (κ2) is 3.53. The van der Waals surface area contributed by atoms with E-state index in [4.69, 9.17) is 0 Å². The highest BCUT2D eigenvalue weighted by molar-refractivity contribution is 6.15. The van der Waals surface area contributed by atoms with Crippen molar-refractivity contribution in [2.45, 2.75) is 32.5 Å². The summed E-state index contributed by atoms with van der Waals surface area (Å²) in [6.45, 7) is 6.05. The van der Waals surface area contributed by atoms with E-state index in [0.717, 1.165) is 17.5 Å². The lowest BCUT2D eigenvalue weighted by molar-refractivity contribution is 0.599. The van der Waals surface area contributed by atoms with Crippen molar-refractivity contribution in [2.24, 2.45) is 0 Å². The monoisotopic (exact) mass is 178 g/mol. The summed E-state index contributed by atoms with van der Waals surface area (Å²) in [6, 6.07) is 5.52. The Morgan fingerprint density at radius 2 is 2.08 bits per heavy atom. The van der Waals surface area contributed by atoms with Gasteiger partial charge < -0.3 is 0 Å². The first-order chi connectivity index (χ1) is 5.97. The molecule has 1 atom stereocenters. The van der Waals surface area contributed by atoms with Crippen LogP contribution in [0.2, 0.25) is 0 Å². The Labute approximate surface area is 80.6 Å². The van der Waals surface area contributed by atoms with Crippen molar-refractivity contribution in [2.75, 3.05) is 0 Å². The zero-order valence-corrected chi connectivity index (χ0v) is 8.82. The molecular formula is C11H16BF. The Morgan fingerprint density at radius 1 is 1.46 bits per heavy atom. The predicted molar refractivity (Wildman–Crippen MR) is 57.3 cm³/mol. The minimum Gasteiger partial charge on any atom is -0.207 e. The number of rotatable bonds is 2. The van der Waals surface area contributed by atoms with Crippen molar-refractivity contribution < 1.29 is 4.39 Å². The van der Waals surface area contributed by atoms with E-state index < -0.39 is 0 Å². The van der Waals surface area contributed by atoms with Crippen LogP contribution in [0.25, 0.3) is 0 Å². The van der Waals surface area contributed by atoms with Gasteiger partial charge in [0.25, 0.3) is 0 Å². The maximum absolute atomic E-state index is 13.2. The van der Waals surface area contributed by atoms with Gasteiger partial charge in [0.1, 0.15) is 13.7 Å². The SMILES string of the molecule is BC(C)(CC)c1ccc(C)c(F)c1. The van der Waals surface area contributed by atoms with Gasteiger partial charge in [-0.1, -0.05) is 32.4 Å². The summed E-state index contributed by atoms with van der Waals surface area (Å²) in [5.41, 5.74) is 1.80. The minimum absolute atomic E-state index is 0.0779. The molecule has 1 unspecified atom stereocenters. The average molecular weight is 178 g/mol. The first-order valence-electron chi connectivity index (χ1n) is 4.74. The van der Waals surface area contributed by atoms with Gasteiger partial charge in [-0.2, -0.15) is 0 Å². The number of benzene rings is 1. The van der Waals surface area contributed by atoms with Crippen molar-refractivity contribution >= 4 is 7.85 Å². The van der Waals surface area contributed by atoms with Crippen LogP contribution >= 0.6 is 0 Å². The summed E-state index contributed by atoms with van der Waals surface area (Å²) in [7, 11) is 2.14. The molecule has 0 aliphatic carbocycles. The second-order valence-electron chi connectivity index (χ2n) is 4.20. The van der Waals surface area contributed by atoms with E-state index in [-0.39, 0.29) is 11.1 Å². The van der Waals surface area contributed by atoms with Crippen LogP contribution < -0.4 is 0 Å². The lowest BCUT2D eigenvalue weighted by Crippen LogP contribution is -2.20. The molecule has 0 aliphatic heterocycles. The molecule has 0 fully saturated rings. The van der Waals surface area contributed by atoms with Gasteiger partial charge in [0.05, 0.1) is 0 Å². The maximum atomic E-state index is 13.2. The largest absolute Gasteiger partial charge is 0.207 e. The molecule has 0 spiro atoms. The van der Waals surface area contributed by atoms with Gasteiger partial charge in [0, 0.05) is 0 Å². The number of hydrogen-bond donors (Lipinski definition) is 0. The van der Waals surface area contributed by atoms with Crippen LogP contribution in [0, 0.1) is 12.7 Å². The maximum Gasteiger partial charge on any atom is 0.126 e. The highest BCUT2D eigenvalue weighted by atomic mass is 19.1. The van der Waals surface area contributed by atoms with Gasteiger partial charge in [0.15, 0.2) is 0 Å². The van der Waals surface area contributed by atoms with Crippen LogP contribution in [0.5, 0.6) is 0 Å². The molecule has 0 N–H and O–H groups in total. The molecule has 0 aromatic heterocycles. The molecule has 1 aromatic carbocycles.